The number of aromatic nitrogens is 2. The molecule has 0 saturated heterocycles. The Morgan fingerprint density at radius 2 is 1.83 bits per heavy atom. The summed E-state index contributed by atoms with van der Waals surface area (Å²) in [7, 11) is 0. The highest BCUT2D eigenvalue weighted by Gasteiger charge is 2.10. The number of anilines is 1. The first kappa shape index (κ1) is 15.5. The standard InChI is InChI=1S/C18H16BrN3O/c19-17-9-5-4-8-16(17)18(23)21-15-12-20-22(13-15)11-10-14-6-2-1-3-7-14/h1-9,12-13H,10-11H2,(H,21,23). The summed E-state index contributed by atoms with van der Waals surface area (Å²) in [6.07, 6.45) is 4.41. The van der Waals surface area contributed by atoms with Gasteiger partial charge in [0.2, 0.25) is 0 Å². The first-order valence-electron chi connectivity index (χ1n) is 7.34. The monoisotopic (exact) mass is 369 g/mol. The number of rotatable bonds is 5. The number of aryl methyl sites for hydroxylation is 2. The number of nitrogens with zero attached hydrogens (tertiary/aromatic N) is 2. The molecular formula is C18H16BrN3O. The van der Waals surface area contributed by atoms with Crippen LogP contribution >= 0.6 is 15.9 Å². The van der Waals surface area contributed by atoms with Gasteiger partial charge in [0.25, 0.3) is 5.91 Å². The van der Waals surface area contributed by atoms with Crippen LogP contribution in [0.2, 0.25) is 0 Å². The molecule has 0 bridgehead atoms. The van der Waals surface area contributed by atoms with Gasteiger partial charge in [0, 0.05) is 17.2 Å². The summed E-state index contributed by atoms with van der Waals surface area (Å²) in [5, 5.41) is 7.16. The van der Waals surface area contributed by atoms with Crippen LogP contribution in [0.4, 0.5) is 5.69 Å². The zero-order valence-corrected chi connectivity index (χ0v) is 14.0. The Balaban J connectivity index is 1.61. The molecule has 1 N–H and O–H groups in total. The molecule has 0 aliphatic carbocycles. The fraction of sp³-hybridized carbons (Fsp3) is 0.111. The average Bonchev–Trinajstić information content (AvgIpc) is 3.02. The minimum absolute atomic E-state index is 0.153. The van der Waals surface area contributed by atoms with Gasteiger partial charge >= 0.3 is 0 Å². The van der Waals surface area contributed by atoms with Crippen LogP contribution in [0.1, 0.15) is 15.9 Å². The number of halogens is 1. The Kier molecular flexibility index (Phi) is 4.88. The number of nitrogens with one attached hydrogen (secondary N) is 1. The van der Waals surface area contributed by atoms with Gasteiger partial charge in [-0.1, -0.05) is 42.5 Å². The van der Waals surface area contributed by atoms with E-state index in [4.69, 9.17) is 0 Å². The molecular weight excluding hydrogens is 354 g/mol. The Bertz CT molecular complexity index is 799. The third-order valence-corrected chi connectivity index (χ3v) is 4.17. The maximum Gasteiger partial charge on any atom is 0.256 e. The number of carbonyl (C=O) groups excluding carboxylic acids is 1. The van der Waals surface area contributed by atoms with E-state index in [2.05, 4.69) is 38.5 Å². The summed E-state index contributed by atoms with van der Waals surface area (Å²) < 4.78 is 2.61. The molecule has 3 rings (SSSR count). The van der Waals surface area contributed by atoms with E-state index in [1.165, 1.54) is 5.56 Å². The van der Waals surface area contributed by atoms with Gasteiger partial charge in [0.1, 0.15) is 0 Å². The van der Waals surface area contributed by atoms with Gasteiger partial charge in [-0.3, -0.25) is 9.48 Å². The first-order chi connectivity index (χ1) is 11.2. The molecule has 3 aromatic rings. The van der Waals surface area contributed by atoms with Crippen molar-refractivity contribution in [1.29, 1.82) is 0 Å². The van der Waals surface area contributed by atoms with E-state index in [0.29, 0.717) is 11.3 Å². The largest absolute Gasteiger partial charge is 0.319 e. The van der Waals surface area contributed by atoms with Crippen LogP contribution in [0, 0.1) is 0 Å². The molecule has 0 spiro atoms. The second kappa shape index (κ2) is 7.24. The van der Waals surface area contributed by atoms with Gasteiger partial charge in [0.05, 0.1) is 17.4 Å². The number of hydrogen-bond acceptors (Lipinski definition) is 2. The van der Waals surface area contributed by atoms with E-state index in [1.807, 2.05) is 47.3 Å². The SMILES string of the molecule is O=C(Nc1cnn(CCc2ccccc2)c1)c1ccccc1Br. The normalized spacial score (nSPS) is 10.5. The second-order valence-corrected chi connectivity index (χ2v) is 6.02. The lowest BCUT2D eigenvalue weighted by Crippen LogP contribution is -2.12. The van der Waals surface area contributed by atoms with Crippen LogP contribution in [-0.2, 0) is 13.0 Å². The molecule has 4 nitrogen and oxygen atoms in total. The van der Waals surface area contributed by atoms with E-state index >= 15 is 0 Å². The van der Waals surface area contributed by atoms with Gasteiger partial charge in [-0.2, -0.15) is 5.10 Å². The van der Waals surface area contributed by atoms with Crippen LogP contribution in [-0.4, -0.2) is 15.7 Å². The number of carbonyl (C=O) groups is 1. The van der Waals surface area contributed by atoms with E-state index in [0.717, 1.165) is 17.4 Å². The smallest absolute Gasteiger partial charge is 0.256 e. The summed E-state index contributed by atoms with van der Waals surface area (Å²) in [6, 6.07) is 17.6. The molecule has 1 amide bonds. The molecule has 5 heteroatoms. The van der Waals surface area contributed by atoms with Gasteiger partial charge in [-0.25, -0.2) is 0 Å². The summed E-state index contributed by atoms with van der Waals surface area (Å²) in [5.41, 5.74) is 2.56. The van der Waals surface area contributed by atoms with E-state index in [1.54, 1.807) is 12.3 Å². The number of benzene rings is 2. The third kappa shape index (κ3) is 4.07. The molecule has 1 aromatic heterocycles. The summed E-state index contributed by atoms with van der Waals surface area (Å²) in [6.45, 7) is 0.773. The van der Waals surface area contributed by atoms with Gasteiger partial charge in [-0.05, 0) is 40.0 Å². The lowest BCUT2D eigenvalue weighted by molar-refractivity contribution is 0.102. The Morgan fingerprint density at radius 1 is 1.09 bits per heavy atom. The molecule has 0 atom stereocenters. The van der Waals surface area contributed by atoms with Crippen molar-refractivity contribution in [3.63, 3.8) is 0 Å². The van der Waals surface area contributed by atoms with Crippen molar-refractivity contribution in [2.75, 3.05) is 5.32 Å². The van der Waals surface area contributed by atoms with Crippen molar-refractivity contribution >= 4 is 27.5 Å². The molecule has 2 aromatic carbocycles. The minimum Gasteiger partial charge on any atom is -0.319 e. The van der Waals surface area contributed by atoms with Crippen molar-refractivity contribution in [2.45, 2.75) is 13.0 Å². The number of amides is 1. The van der Waals surface area contributed by atoms with E-state index in [9.17, 15) is 4.79 Å². The lowest BCUT2D eigenvalue weighted by Gasteiger charge is -2.04. The third-order valence-electron chi connectivity index (χ3n) is 3.48. The second-order valence-electron chi connectivity index (χ2n) is 5.16. The highest BCUT2D eigenvalue weighted by molar-refractivity contribution is 9.10. The Hall–Kier alpha value is -2.40. The van der Waals surface area contributed by atoms with E-state index in [-0.39, 0.29) is 5.91 Å². The van der Waals surface area contributed by atoms with Crippen molar-refractivity contribution in [3.8, 4) is 0 Å². The van der Waals surface area contributed by atoms with Crippen molar-refractivity contribution < 1.29 is 4.79 Å². The van der Waals surface area contributed by atoms with Gasteiger partial charge < -0.3 is 5.32 Å². The average molecular weight is 370 g/mol. The molecule has 0 aliphatic heterocycles. The van der Waals surface area contributed by atoms with Crippen LogP contribution in [0.3, 0.4) is 0 Å². The van der Waals surface area contributed by atoms with Crippen molar-refractivity contribution in [1.82, 2.24) is 9.78 Å². The predicted molar refractivity (Wildman–Crippen MR) is 94.5 cm³/mol. The van der Waals surface area contributed by atoms with Crippen LogP contribution in [0.5, 0.6) is 0 Å². The van der Waals surface area contributed by atoms with E-state index < -0.39 is 0 Å². The quantitative estimate of drug-likeness (QED) is 0.734. The molecule has 0 fully saturated rings. The highest BCUT2D eigenvalue weighted by Crippen LogP contribution is 2.17. The fourth-order valence-electron chi connectivity index (χ4n) is 2.28. The van der Waals surface area contributed by atoms with Crippen molar-refractivity contribution in [3.05, 3.63) is 82.6 Å². The zero-order valence-electron chi connectivity index (χ0n) is 12.4. The molecule has 1 heterocycles. The van der Waals surface area contributed by atoms with Crippen LogP contribution in [0.15, 0.2) is 71.5 Å². The first-order valence-corrected chi connectivity index (χ1v) is 8.14. The van der Waals surface area contributed by atoms with Gasteiger partial charge in [0.15, 0.2) is 0 Å². The molecule has 0 aliphatic rings. The molecule has 0 radical (unpaired) electrons. The molecule has 0 unspecified atom stereocenters. The Labute approximate surface area is 143 Å². The topological polar surface area (TPSA) is 46.9 Å². The predicted octanol–water partition coefficient (Wildman–Crippen LogP) is 4.14. The summed E-state index contributed by atoms with van der Waals surface area (Å²) in [5.74, 6) is -0.153. The van der Waals surface area contributed by atoms with Crippen molar-refractivity contribution in [2.24, 2.45) is 0 Å². The Morgan fingerprint density at radius 3 is 2.61 bits per heavy atom. The molecule has 23 heavy (non-hydrogen) atoms. The van der Waals surface area contributed by atoms with Gasteiger partial charge in [-0.15, -0.1) is 0 Å². The summed E-state index contributed by atoms with van der Waals surface area (Å²) >= 11 is 3.38. The lowest BCUT2D eigenvalue weighted by atomic mass is 10.1. The zero-order chi connectivity index (χ0) is 16.1. The minimum atomic E-state index is -0.153. The maximum absolute atomic E-state index is 12.2. The van der Waals surface area contributed by atoms with Crippen LogP contribution < -0.4 is 5.32 Å². The highest BCUT2D eigenvalue weighted by atomic mass is 79.9. The maximum atomic E-state index is 12.2. The number of hydrogen-bond donors (Lipinski definition) is 1. The molecule has 0 saturated carbocycles. The van der Waals surface area contributed by atoms with Crippen LogP contribution in [0.25, 0.3) is 0 Å². The summed E-state index contributed by atoms with van der Waals surface area (Å²) in [4.78, 5) is 12.2. The fourth-order valence-corrected chi connectivity index (χ4v) is 2.75. The molecule has 116 valence electrons.